The van der Waals surface area contributed by atoms with Crippen LogP contribution in [0.5, 0.6) is 5.75 Å². The van der Waals surface area contributed by atoms with Crippen LogP contribution in [0.4, 0.5) is 0 Å². The van der Waals surface area contributed by atoms with Gasteiger partial charge in [-0.2, -0.15) is 0 Å². The minimum atomic E-state index is 0.658. The molecule has 0 fully saturated rings. The standard InChI is InChI=1S/C16H23Cl2NO/c1-2-3-12(4-6-17)10-19-11-14-9-15(18)8-13-5-7-20-16(13)14/h8-9,12,19H,2-7,10-11H2,1H3. The predicted molar refractivity (Wildman–Crippen MR) is 86.1 cm³/mol. The van der Waals surface area contributed by atoms with E-state index >= 15 is 0 Å². The first-order valence-electron chi connectivity index (χ1n) is 7.45. The second-order valence-electron chi connectivity index (χ2n) is 5.41. The molecule has 0 aromatic heterocycles. The third-order valence-corrected chi connectivity index (χ3v) is 4.22. The van der Waals surface area contributed by atoms with E-state index in [1.165, 1.54) is 24.0 Å². The van der Waals surface area contributed by atoms with E-state index in [0.717, 1.165) is 49.2 Å². The van der Waals surface area contributed by atoms with E-state index in [4.69, 9.17) is 27.9 Å². The van der Waals surface area contributed by atoms with Gasteiger partial charge in [0.05, 0.1) is 6.61 Å². The fourth-order valence-corrected chi connectivity index (χ4v) is 3.37. The Morgan fingerprint density at radius 3 is 2.95 bits per heavy atom. The highest BCUT2D eigenvalue weighted by atomic mass is 35.5. The number of rotatable bonds is 8. The van der Waals surface area contributed by atoms with Crippen LogP contribution in [0.25, 0.3) is 0 Å². The van der Waals surface area contributed by atoms with E-state index in [0.29, 0.717) is 5.92 Å². The monoisotopic (exact) mass is 315 g/mol. The van der Waals surface area contributed by atoms with Gasteiger partial charge in [0, 0.05) is 29.4 Å². The van der Waals surface area contributed by atoms with Gasteiger partial charge < -0.3 is 10.1 Å². The van der Waals surface area contributed by atoms with Gasteiger partial charge in [-0.05, 0) is 43.0 Å². The van der Waals surface area contributed by atoms with Gasteiger partial charge in [0.15, 0.2) is 0 Å². The third-order valence-electron chi connectivity index (χ3n) is 3.79. The average Bonchev–Trinajstić information content (AvgIpc) is 2.87. The highest BCUT2D eigenvalue weighted by Crippen LogP contribution is 2.32. The lowest BCUT2D eigenvalue weighted by Gasteiger charge is -2.16. The van der Waals surface area contributed by atoms with Gasteiger partial charge in [-0.15, -0.1) is 11.6 Å². The molecule has 1 atom stereocenters. The molecule has 20 heavy (non-hydrogen) atoms. The third kappa shape index (κ3) is 4.28. The maximum atomic E-state index is 6.17. The Morgan fingerprint density at radius 1 is 1.35 bits per heavy atom. The molecule has 2 rings (SSSR count). The van der Waals surface area contributed by atoms with Gasteiger partial charge in [0.1, 0.15) is 5.75 Å². The molecule has 0 spiro atoms. The fraction of sp³-hybridized carbons (Fsp3) is 0.625. The summed E-state index contributed by atoms with van der Waals surface area (Å²) in [5.74, 6) is 2.43. The Bertz CT molecular complexity index is 431. The number of halogens is 2. The van der Waals surface area contributed by atoms with Crippen molar-refractivity contribution >= 4 is 23.2 Å². The fourth-order valence-electron chi connectivity index (χ4n) is 2.80. The maximum Gasteiger partial charge on any atom is 0.127 e. The first-order chi connectivity index (χ1) is 9.74. The molecule has 0 saturated carbocycles. The Kier molecular flexibility index (Phi) is 6.47. The zero-order valence-corrected chi connectivity index (χ0v) is 13.6. The molecule has 2 nitrogen and oxygen atoms in total. The van der Waals surface area contributed by atoms with E-state index < -0.39 is 0 Å². The van der Waals surface area contributed by atoms with Crippen molar-refractivity contribution in [3.8, 4) is 5.75 Å². The van der Waals surface area contributed by atoms with Crippen molar-refractivity contribution in [2.75, 3.05) is 19.0 Å². The quantitative estimate of drug-likeness (QED) is 0.717. The SMILES string of the molecule is CCCC(CCCl)CNCc1cc(Cl)cc2c1OCC2. The number of ether oxygens (including phenoxy) is 1. The Labute approximate surface area is 131 Å². The molecule has 1 heterocycles. The van der Waals surface area contributed by atoms with Crippen molar-refractivity contribution in [1.29, 1.82) is 0 Å². The summed E-state index contributed by atoms with van der Waals surface area (Å²) in [5.41, 5.74) is 2.41. The summed E-state index contributed by atoms with van der Waals surface area (Å²) >= 11 is 12.0. The Balaban J connectivity index is 1.91. The summed E-state index contributed by atoms with van der Waals surface area (Å²) in [6.07, 6.45) is 4.48. The van der Waals surface area contributed by atoms with Gasteiger partial charge in [0.2, 0.25) is 0 Å². The second kappa shape index (κ2) is 8.11. The van der Waals surface area contributed by atoms with E-state index in [9.17, 15) is 0 Å². The lowest BCUT2D eigenvalue weighted by Crippen LogP contribution is -2.23. The van der Waals surface area contributed by atoms with E-state index in [1.807, 2.05) is 12.1 Å². The molecule has 0 aliphatic carbocycles. The minimum Gasteiger partial charge on any atom is -0.493 e. The van der Waals surface area contributed by atoms with E-state index in [1.54, 1.807) is 0 Å². The van der Waals surface area contributed by atoms with Crippen LogP contribution in [0.3, 0.4) is 0 Å². The van der Waals surface area contributed by atoms with Gasteiger partial charge >= 0.3 is 0 Å². The number of hydrogen-bond acceptors (Lipinski definition) is 2. The molecule has 112 valence electrons. The van der Waals surface area contributed by atoms with Crippen LogP contribution in [0.2, 0.25) is 5.02 Å². The summed E-state index contributed by atoms with van der Waals surface area (Å²) < 4.78 is 5.72. The van der Waals surface area contributed by atoms with Crippen molar-refractivity contribution in [3.63, 3.8) is 0 Å². The highest BCUT2D eigenvalue weighted by molar-refractivity contribution is 6.30. The van der Waals surface area contributed by atoms with Crippen LogP contribution in [0.1, 0.15) is 37.3 Å². The summed E-state index contributed by atoms with van der Waals surface area (Å²) in [7, 11) is 0. The van der Waals surface area contributed by atoms with Crippen molar-refractivity contribution in [2.24, 2.45) is 5.92 Å². The van der Waals surface area contributed by atoms with Crippen LogP contribution in [0, 0.1) is 5.92 Å². The lowest BCUT2D eigenvalue weighted by atomic mass is 10.0. The molecule has 1 aliphatic rings. The Morgan fingerprint density at radius 2 is 2.20 bits per heavy atom. The summed E-state index contributed by atoms with van der Waals surface area (Å²) in [6.45, 7) is 4.81. The topological polar surface area (TPSA) is 21.3 Å². The van der Waals surface area contributed by atoms with Gasteiger partial charge in [0.25, 0.3) is 0 Å². The molecule has 1 aromatic rings. The molecule has 0 bridgehead atoms. The van der Waals surface area contributed by atoms with Crippen molar-refractivity contribution in [2.45, 2.75) is 39.2 Å². The summed E-state index contributed by atoms with van der Waals surface area (Å²) in [6, 6.07) is 4.02. The van der Waals surface area contributed by atoms with Crippen LogP contribution in [-0.2, 0) is 13.0 Å². The molecular weight excluding hydrogens is 293 g/mol. The van der Waals surface area contributed by atoms with Crippen molar-refractivity contribution in [1.82, 2.24) is 5.32 Å². The van der Waals surface area contributed by atoms with E-state index in [2.05, 4.69) is 12.2 Å². The molecule has 1 aromatic carbocycles. The smallest absolute Gasteiger partial charge is 0.127 e. The van der Waals surface area contributed by atoms with Crippen LogP contribution < -0.4 is 10.1 Å². The van der Waals surface area contributed by atoms with Crippen LogP contribution in [0.15, 0.2) is 12.1 Å². The normalized spacial score (nSPS) is 14.9. The maximum absolute atomic E-state index is 6.17. The molecule has 1 N–H and O–H groups in total. The minimum absolute atomic E-state index is 0.658. The first kappa shape index (κ1) is 15.9. The molecule has 4 heteroatoms. The molecule has 0 radical (unpaired) electrons. The number of benzene rings is 1. The molecule has 0 saturated heterocycles. The predicted octanol–water partition coefficient (Wildman–Crippen LogP) is 4.41. The molecule has 0 amide bonds. The molecular formula is C16H23Cl2NO. The largest absolute Gasteiger partial charge is 0.493 e. The zero-order chi connectivity index (χ0) is 14.4. The summed E-state index contributed by atoms with van der Waals surface area (Å²) in [4.78, 5) is 0. The van der Waals surface area contributed by atoms with Gasteiger partial charge in [-0.25, -0.2) is 0 Å². The number of fused-ring (bicyclic) bond motifs is 1. The summed E-state index contributed by atoms with van der Waals surface area (Å²) in [5, 5.41) is 4.33. The lowest BCUT2D eigenvalue weighted by molar-refractivity contribution is 0.351. The Hall–Kier alpha value is -0.440. The number of hydrogen-bond donors (Lipinski definition) is 1. The van der Waals surface area contributed by atoms with Crippen LogP contribution >= 0.6 is 23.2 Å². The zero-order valence-electron chi connectivity index (χ0n) is 12.1. The van der Waals surface area contributed by atoms with Crippen molar-refractivity contribution in [3.05, 3.63) is 28.3 Å². The number of nitrogens with one attached hydrogen (secondary N) is 1. The van der Waals surface area contributed by atoms with E-state index in [-0.39, 0.29) is 0 Å². The average molecular weight is 316 g/mol. The first-order valence-corrected chi connectivity index (χ1v) is 8.36. The molecule has 1 aliphatic heterocycles. The van der Waals surface area contributed by atoms with Gasteiger partial charge in [-0.1, -0.05) is 24.9 Å². The molecule has 1 unspecified atom stereocenters. The number of alkyl halides is 1. The highest BCUT2D eigenvalue weighted by Gasteiger charge is 2.17. The van der Waals surface area contributed by atoms with Crippen LogP contribution in [-0.4, -0.2) is 19.0 Å². The van der Waals surface area contributed by atoms with Crippen molar-refractivity contribution < 1.29 is 4.74 Å². The second-order valence-corrected chi connectivity index (χ2v) is 6.23. The van der Waals surface area contributed by atoms with Gasteiger partial charge in [-0.3, -0.25) is 0 Å².